The van der Waals surface area contributed by atoms with Gasteiger partial charge in [0.25, 0.3) is 0 Å². The van der Waals surface area contributed by atoms with Crippen LogP contribution in [0.15, 0.2) is 30.5 Å². The molecule has 4 nitrogen and oxygen atoms in total. The lowest BCUT2D eigenvalue weighted by Gasteiger charge is -2.07. The van der Waals surface area contributed by atoms with E-state index in [1.807, 2.05) is 31.2 Å². The molecule has 0 aliphatic heterocycles. The quantitative estimate of drug-likeness (QED) is 0.839. The number of halogens is 1. The smallest absolute Gasteiger partial charge is 0.222 e. The van der Waals surface area contributed by atoms with E-state index in [-0.39, 0.29) is 5.95 Å². The van der Waals surface area contributed by atoms with E-state index in [2.05, 4.69) is 15.3 Å². The highest BCUT2D eigenvalue weighted by Gasteiger charge is 2.03. The summed E-state index contributed by atoms with van der Waals surface area (Å²) in [6, 6.07) is 7.90. The van der Waals surface area contributed by atoms with E-state index in [1.54, 1.807) is 0 Å². The number of hydrogen-bond donors (Lipinski definition) is 2. The monoisotopic (exact) mass is 234 g/mol. The molecule has 0 aliphatic carbocycles. The van der Waals surface area contributed by atoms with E-state index in [9.17, 15) is 0 Å². The van der Waals surface area contributed by atoms with Crippen LogP contribution in [0.1, 0.15) is 5.56 Å². The van der Waals surface area contributed by atoms with Gasteiger partial charge < -0.3 is 11.1 Å². The van der Waals surface area contributed by atoms with Gasteiger partial charge in [-0.3, -0.25) is 0 Å². The van der Waals surface area contributed by atoms with E-state index in [0.717, 1.165) is 5.69 Å². The number of nitrogens with two attached hydrogens (primary N) is 1. The van der Waals surface area contributed by atoms with Gasteiger partial charge in [-0.2, -0.15) is 4.98 Å². The van der Waals surface area contributed by atoms with E-state index < -0.39 is 0 Å². The van der Waals surface area contributed by atoms with Crippen LogP contribution in [0.5, 0.6) is 0 Å². The second kappa shape index (κ2) is 4.37. The number of aryl methyl sites for hydroxylation is 1. The Hall–Kier alpha value is -1.81. The molecule has 5 heteroatoms. The Kier molecular flexibility index (Phi) is 2.92. The number of nitrogen functional groups attached to an aromatic ring is 1. The van der Waals surface area contributed by atoms with Crippen molar-refractivity contribution in [3.63, 3.8) is 0 Å². The third-order valence-corrected chi connectivity index (χ3v) is 2.35. The molecular weight excluding hydrogens is 224 g/mol. The second-order valence-electron chi connectivity index (χ2n) is 3.42. The van der Waals surface area contributed by atoms with Gasteiger partial charge in [-0.1, -0.05) is 29.3 Å². The van der Waals surface area contributed by atoms with Crippen molar-refractivity contribution in [2.24, 2.45) is 0 Å². The predicted molar refractivity (Wildman–Crippen MR) is 65.9 cm³/mol. The first-order chi connectivity index (χ1) is 7.65. The molecule has 1 aromatic heterocycles. The highest BCUT2D eigenvalue weighted by molar-refractivity contribution is 6.32. The normalized spacial score (nSPS) is 10.1. The molecule has 0 radical (unpaired) electrons. The van der Waals surface area contributed by atoms with Gasteiger partial charge in [0, 0.05) is 5.69 Å². The number of anilines is 3. The van der Waals surface area contributed by atoms with Crippen LogP contribution in [-0.2, 0) is 0 Å². The van der Waals surface area contributed by atoms with Crippen LogP contribution in [0.4, 0.5) is 17.5 Å². The first-order valence-electron chi connectivity index (χ1n) is 4.77. The average Bonchev–Trinajstić information content (AvgIpc) is 2.27. The maximum absolute atomic E-state index is 5.93. The minimum atomic E-state index is 0.194. The number of benzene rings is 1. The van der Waals surface area contributed by atoms with E-state index >= 15 is 0 Å². The Morgan fingerprint density at radius 3 is 2.62 bits per heavy atom. The summed E-state index contributed by atoms with van der Waals surface area (Å²) in [6.45, 7) is 2.03. The fourth-order valence-electron chi connectivity index (χ4n) is 1.24. The predicted octanol–water partition coefficient (Wildman–Crippen LogP) is 2.76. The van der Waals surface area contributed by atoms with Crippen LogP contribution in [0.2, 0.25) is 5.02 Å². The zero-order valence-corrected chi connectivity index (χ0v) is 9.49. The standard InChI is InChI=1S/C11H11ClN4/c1-7-2-4-8(5-3-7)15-10-9(12)6-14-11(13)16-10/h2-6H,1H3,(H3,13,14,15,16). The van der Waals surface area contributed by atoms with Gasteiger partial charge in [-0.05, 0) is 19.1 Å². The number of hydrogen-bond acceptors (Lipinski definition) is 4. The molecule has 2 rings (SSSR count). The van der Waals surface area contributed by atoms with Gasteiger partial charge in [-0.25, -0.2) is 4.98 Å². The van der Waals surface area contributed by atoms with Crippen LogP contribution < -0.4 is 11.1 Å². The van der Waals surface area contributed by atoms with Crippen molar-refractivity contribution in [3.8, 4) is 0 Å². The van der Waals surface area contributed by atoms with Gasteiger partial charge in [-0.15, -0.1) is 0 Å². The molecule has 0 fully saturated rings. The molecule has 0 bridgehead atoms. The highest BCUT2D eigenvalue weighted by atomic mass is 35.5. The summed E-state index contributed by atoms with van der Waals surface area (Å²) in [6.07, 6.45) is 1.47. The van der Waals surface area contributed by atoms with E-state index in [0.29, 0.717) is 10.8 Å². The van der Waals surface area contributed by atoms with Crippen LogP contribution in [0, 0.1) is 6.92 Å². The second-order valence-corrected chi connectivity index (χ2v) is 3.82. The minimum Gasteiger partial charge on any atom is -0.368 e. The molecule has 0 saturated carbocycles. The fraction of sp³-hybridized carbons (Fsp3) is 0.0909. The van der Waals surface area contributed by atoms with Crippen molar-refractivity contribution in [1.29, 1.82) is 0 Å². The fourth-order valence-corrected chi connectivity index (χ4v) is 1.38. The number of aromatic nitrogens is 2. The summed E-state index contributed by atoms with van der Waals surface area (Å²) in [5.74, 6) is 0.706. The number of nitrogens with zero attached hydrogens (tertiary/aromatic N) is 2. The average molecular weight is 235 g/mol. The molecule has 1 heterocycles. The molecule has 0 spiro atoms. The zero-order chi connectivity index (χ0) is 11.5. The molecule has 82 valence electrons. The van der Waals surface area contributed by atoms with Crippen molar-refractivity contribution in [2.45, 2.75) is 6.92 Å². The topological polar surface area (TPSA) is 63.8 Å². The van der Waals surface area contributed by atoms with Gasteiger partial charge in [0.2, 0.25) is 5.95 Å². The Labute approximate surface area is 98.5 Å². The Morgan fingerprint density at radius 1 is 1.25 bits per heavy atom. The van der Waals surface area contributed by atoms with Crippen molar-refractivity contribution in [2.75, 3.05) is 11.1 Å². The molecule has 2 aromatic rings. The third kappa shape index (κ3) is 2.41. The van der Waals surface area contributed by atoms with Crippen molar-refractivity contribution in [1.82, 2.24) is 9.97 Å². The van der Waals surface area contributed by atoms with Crippen LogP contribution in [0.25, 0.3) is 0 Å². The summed E-state index contributed by atoms with van der Waals surface area (Å²) in [7, 11) is 0. The van der Waals surface area contributed by atoms with Crippen molar-refractivity contribution >= 4 is 29.1 Å². The minimum absolute atomic E-state index is 0.194. The maximum atomic E-state index is 5.93. The first-order valence-corrected chi connectivity index (χ1v) is 5.14. The maximum Gasteiger partial charge on any atom is 0.222 e. The lowest BCUT2D eigenvalue weighted by atomic mass is 10.2. The molecule has 16 heavy (non-hydrogen) atoms. The zero-order valence-electron chi connectivity index (χ0n) is 8.74. The van der Waals surface area contributed by atoms with Crippen LogP contribution in [0.3, 0.4) is 0 Å². The molecular formula is C11H11ClN4. The SMILES string of the molecule is Cc1ccc(Nc2nc(N)ncc2Cl)cc1. The van der Waals surface area contributed by atoms with Gasteiger partial charge in [0.15, 0.2) is 5.82 Å². The lowest BCUT2D eigenvalue weighted by molar-refractivity contribution is 1.18. The van der Waals surface area contributed by atoms with E-state index in [1.165, 1.54) is 11.8 Å². The Balaban J connectivity index is 2.26. The highest BCUT2D eigenvalue weighted by Crippen LogP contribution is 2.22. The summed E-state index contributed by atoms with van der Waals surface area (Å²) < 4.78 is 0. The van der Waals surface area contributed by atoms with Crippen LogP contribution >= 0.6 is 11.6 Å². The molecule has 0 amide bonds. The lowest BCUT2D eigenvalue weighted by Crippen LogP contribution is -2.00. The largest absolute Gasteiger partial charge is 0.368 e. The number of rotatable bonds is 2. The molecule has 0 unspecified atom stereocenters. The Bertz CT molecular complexity index is 496. The van der Waals surface area contributed by atoms with Gasteiger partial charge in [0.1, 0.15) is 5.02 Å². The summed E-state index contributed by atoms with van der Waals surface area (Å²) in [4.78, 5) is 7.80. The molecule has 0 atom stereocenters. The summed E-state index contributed by atoms with van der Waals surface area (Å²) in [5, 5.41) is 3.52. The summed E-state index contributed by atoms with van der Waals surface area (Å²) in [5.41, 5.74) is 7.59. The van der Waals surface area contributed by atoms with Crippen LogP contribution in [-0.4, -0.2) is 9.97 Å². The van der Waals surface area contributed by atoms with Crippen molar-refractivity contribution in [3.05, 3.63) is 41.0 Å². The summed E-state index contributed by atoms with van der Waals surface area (Å²) >= 11 is 5.93. The molecule has 1 aromatic carbocycles. The van der Waals surface area contributed by atoms with E-state index in [4.69, 9.17) is 17.3 Å². The first kappa shape index (κ1) is 10.7. The Morgan fingerprint density at radius 2 is 1.94 bits per heavy atom. The number of nitrogens with one attached hydrogen (secondary N) is 1. The third-order valence-electron chi connectivity index (χ3n) is 2.08. The molecule has 0 saturated heterocycles. The van der Waals surface area contributed by atoms with Crippen molar-refractivity contribution < 1.29 is 0 Å². The van der Waals surface area contributed by atoms with Gasteiger partial charge >= 0.3 is 0 Å². The molecule has 0 aliphatic rings. The molecule has 3 N–H and O–H groups in total. The van der Waals surface area contributed by atoms with Gasteiger partial charge in [0.05, 0.1) is 6.20 Å².